The van der Waals surface area contributed by atoms with Crippen LogP contribution in [0.25, 0.3) is 4.96 Å². The second-order valence-corrected chi connectivity index (χ2v) is 9.69. The summed E-state index contributed by atoms with van der Waals surface area (Å²) in [6.07, 6.45) is 0.728. The quantitative estimate of drug-likeness (QED) is 0.398. The highest BCUT2D eigenvalue weighted by Gasteiger charge is 2.32. The van der Waals surface area contributed by atoms with E-state index in [1.807, 2.05) is 19.1 Å². The van der Waals surface area contributed by atoms with Crippen LogP contribution >= 0.6 is 11.3 Å². The van der Waals surface area contributed by atoms with Gasteiger partial charge in [0.2, 0.25) is 10.8 Å². The first-order chi connectivity index (χ1) is 17.1. The van der Waals surface area contributed by atoms with Crippen molar-refractivity contribution >= 4 is 16.3 Å². The fourth-order valence-corrected chi connectivity index (χ4v) is 5.83. The summed E-state index contributed by atoms with van der Waals surface area (Å²) in [5.41, 5.74) is 2.36. The lowest BCUT2D eigenvalue weighted by atomic mass is 10.0. The zero-order valence-electron chi connectivity index (χ0n) is 20.3. The van der Waals surface area contributed by atoms with Crippen LogP contribution < -0.4 is 9.47 Å². The first kappa shape index (κ1) is 23.6. The summed E-state index contributed by atoms with van der Waals surface area (Å²) >= 11 is 1.50. The van der Waals surface area contributed by atoms with Gasteiger partial charge >= 0.3 is 0 Å². The van der Waals surface area contributed by atoms with Gasteiger partial charge in [0.1, 0.15) is 0 Å². The highest BCUT2D eigenvalue weighted by Crippen LogP contribution is 2.42. The molecular weight excluding hydrogens is 462 g/mol. The van der Waals surface area contributed by atoms with E-state index in [1.54, 1.807) is 18.7 Å². The topological polar surface area (TPSA) is 75.4 Å². The number of piperazine rings is 1. The molecule has 3 heterocycles. The summed E-state index contributed by atoms with van der Waals surface area (Å²) < 4.78 is 12.6. The molecular formula is C26H31N5O3S. The first-order valence-electron chi connectivity index (χ1n) is 11.9. The Morgan fingerprint density at radius 1 is 1.00 bits per heavy atom. The predicted octanol–water partition coefficient (Wildman–Crippen LogP) is 3.98. The maximum Gasteiger partial charge on any atom is 0.230 e. The third kappa shape index (κ3) is 4.71. The van der Waals surface area contributed by atoms with E-state index in [4.69, 9.17) is 9.47 Å². The van der Waals surface area contributed by atoms with Crippen molar-refractivity contribution in [1.82, 2.24) is 24.4 Å². The van der Waals surface area contributed by atoms with Crippen molar-refractivity contribution in [2.24, 2.45) is 0 Å². The number of nitrogens with zero attached hydrogens (tertiary/aromatic N) is 5. The van der Waals surface area contributed by atoms with Crippen LogP contribution in [0, 0.1) is 0 Å². The van der Waals surface area contributed by atoms with Crippen LogP contribution in [-0.4, -0.2) is 69.9 Å². The summed E-state index contributed by atoms with van der Waals surface area (Å²) in [4.78, 5) is 11.0. The van der Waals surface area contributed by atoms with Crippen LogP contribution in [-0.2, 0) is 13.0 Å². The Bertz CT molecular complexity index is 1280. The van der Waals surface area contributed by atoms with E-state index in [2.05, 4.69) is 56.3 Å². The third-order valence-corrected chi connectivity index (χ3v) is 7.63. The molecule has 184 valence electrons. The number of aromatic hydroxyl groups is 1. The van der Waals surface area contributed by atoms with Gasteiger partial charge in [0.25, 0.3) is 0 Å². The molecule has 0 aliphatic carbocycles. The molecule has 1 aliphatic heterocycles. The molecule has 1 saturated heterocycles. The average Bonchev–Trinajstić information content (AvgIpc) is 3.44. The SMILES string of the molecule is CCc1nc2sc([C@H](c3ccc(OC)c(OC)c3)N3CCN(Cc4ccccc4)CC3)c(O)n2n1. The largest absolute Gasteiger partial charge is 0.493 e. The minimum absolute atomic E-state index is 0.146. The second kappa shape index (κ2) is 10.2. The fourth-order valence-electron chi connectivity index (χ4n) is 4.69. The Kier molecular flexibility index (Phi) is 6.90. The van der Waals surface area contributed by atoms with Gasteiger partial charge < -0.3 is 14.6 Å². The van der Waals surface area contributed by atoms with Gasteiger partial charge in [-0.05, 0) is 23.3 Å². The van der Waals surface area contributed by atoms with Crippen LogP contribution in [0.3, 0.4) is 0 Å². The van der Waals surface area contributed by atoms with Gasteiger partial charge in [0, 0.05) is 39.1 Å². The van der Waals surface area contributed by atoms with Gasteiger partial charge in [-0.25, -0.2) is 4.98 Å². The molecule has 0 amide bonds. The Labute approximate surface area is 209 Å². The van der Waals surface area contributed by atoms with Gasteiger partial charge in [0.15, 0.2) is 17.3 Å². The van der Waals surface area contributed by atoms with Crippen molar-refractivity contribution in [2.75, 3.05) is 40.4 Å². The van der Waals surface area contributed by atoms with Crippen LogP contribution in [0.4, 0.5) is 0 Å². The van der Waals surface area contributed by atoms with Crippen molar-refractivity contribution < 1.29 is 14.6 Å². The van der Waals surface area contributed by atoms with E-state index >= 15 is 0 Å². The van der Waals surface area contributed by atoms with E-state index in [0.29, 0.717) is 16.5 Å². The third-order valence-electron chi connectivity index (χ3n) is 6.55. The monoisotopic (exact) mass is 493 g/mol. The maximum atomic E-state index is 11.2. The number of aryl methyl sites for hydroxylation is 1. The van der Waals surface area contributed by atoms with Crippen LogP contribution in [0.15, 0.2) is 48.5 Å². The summed E-state index contributed by atoms with van der Waals surface area (Å²) in [5, 5.41) is 15.7. The lowest BCUT2D eigenvalue weighted by Crippen LogP contribution is -2.47. The Morgan fingerprint density at radius 2 is 1.74 bits per heavy atom. The molecule has 1 fully saturated rings. The van der Waals surface area contributed by atoms with Crippen molar-refractivity contribution in [3.05, 3.63) is 70.4 Å². The smallest absolute Gasteiger partial charge is 0.230 e. The molecule has 5 rings (SSSR count). The van der Waals surface area contributed by atoms with E-state index in [0.717, 1.165) is 55.4 Å². The van der Waals surface area contributed by atoms with E-state index in [1.165, 1.54) is 16.9 Å². The number of fused-ring (bicyclic) bond motifs is 1. The lowest BCUT2D eigenvalue weighted by molar-refractivity contribution is 0.105. The maximum absolute atomic E-state index is 11.2. The van der Waals surface area contributed by atoms with Gasteiger partial charge in [-0.2, -0.15) is 4.52 Å². The number of ether oxygens (including phenoxy) is 2. The summed E-state index contributed by atoms with van der Waals surface area (Å²) in [7, 11) is 3.28. The molecule has 1 N–H and O–H groups in total. The summed E-state index contributed by atoms with van der Waals surface area (Å²) in [5.74, 6) is 2.24. The number of thiazole rings is 1. The van der Waals surface area contributed by atoms with Gasteiger partial charge in [-0.15, -0.1) is 5.10 Å². The van der Waals surface area contributed by atoms with Crippen LogP contribution in [0.1, 0.15) is 34.8 Å². The number of methoxy groups -OCH3 is 2. The Hall–Kier alpha value is -3.14. The molecule has 0 bridgehead atoms. The molecule has 1 atom stereocenters. The highest BCUT2D eigenvalue weighted by molar-refractivity contribution is 7.17. The first-order valence-corrected chi connectivity index (χ1v) is 12.7. The fraction of sp³-hybridized carbons (Fsp3) is 0.385. The zero-order valence-corrected chi connectivity index (χ0v) is 21.2. The summed E-state index contributed by atoms with van der Waals surface area (Å²) in [6.45, 7) is 6.59. The number of aromatic nitrogens is 3. The van der Waals surface area contributed by atoms with E-state index < -0.39 is 0 Å². The molecule has 9 heteroatoms. The highest BCUT2D eigenvalue weighted by atomic mass is 32.1. The Balaban J connectivity index is 1.46. The molecule has 2 aromatic heterocycles. The molecule has 8 nitrogen and oxygen atoms in total. The predicted molar refractivity (Wildman–Crippen MR) is 137 cm³/mol. The van der Waals surface area contributed by atoms with Crippen molar-refractivity contribution in [3.8, 4) is 17.4 Å². The van der Waals surface area contributed by atoms with Gasteiger partial charge in [-0.3, -0.25) is 9.80 Å². The minimum atomic E-state index is -0.146. The number of hydrogen-bond acceptors (Lipinski definition) is 8. The molecule has 0 saturated carbocycles. The van der Waals surface area contributed by atoms with E-state index in [-0.39, 0.29) is 11.9 Å². The molecule has 0 spiro atoms. The molecule has 1 aliphatic rings. The van der Waals surface area contributed by atoms with E-state index in [9.17, 15) is 5.11 Å². The van der Waals surface area contributed by atoms with Gasteiger partial charge in [-0.1, -0.05) is 54.7 Å². The summed E-state index contributed by atoms with van der Waals surface area (Å²) in [6, 6.07) is 16.4. The molecule has 0 radical (unpaired) electrons. The second-order valence-electron chi connectivity index (χ2n) is 8.68. The van der Waals surface area contributed by atoms with Gasteiger partial charge in [0.05, 0.1) is 25.1 Å². The van der Waals surface area contributed by atoms with Crippen LogP contribution in [0.2, 0.25) is 0 Å². The number of hydrogen-bond donors (Lipinski definition) is 1. The molecule has 4 aromatic rings. The van der Waals surface area contributed by atoms with Crippen molar-refractivity contribution in [2.45, 2.75) is 25.9 Å². The molecule has 0 unspecified atom stereocenters. The number of benzene rings is 2. The zero-order chi connectivity index (χ0) is 24.4. The normalized spacial score (nSPS) is 16.0. The Morgan fingerprint density at radius 3 is 2.40 bits per heavy atom. The van der Waals surface area contributed by atoms with Crippen LogP contribution in [0.5, 0.6) is 17.4 Å². The minimum Gasteiger partial charge on any atom is -0.493 e. The molecule has 35 heavy (non-hydrogen) atoms. The standard InChI is InChI=1S/C26H31N5O3S/c1-4-22-27-26-31(28-22)25(32)24(35-26)23(19-10-11-20(33-2)21(16-19)34-3)30-14-12-29(13-15-30)17-18-8-6-5-7-9-18/h5-11,16,23,32H,4,12-15,17H2,1-3H3/t23-/m0/s1. The number of rotatable bonds is 8. The van der Waals surface area contributed by atoms with Crippen molar-refractivity contribution in [3.63, 3.8) is 0 Å². The average molecular weight is 494 g/mol. The molecule has 2 aromatic carbocycles. The lowest BCUT2D eigenvalue weighted by Gasteiger charge is -2.39. The van der Waals surface area contributed by atoms with Crippen molar-refractivity contribution in [1.29, 1.82) is 0 Å².